The number of carbonyl (C=O) groups is 1. The van der Waals surface area contributed by atoms with Gasteiger partial charge in [0.2, 0.25) is 6.10 Å². The van der Waals surface area contributed by atoms with E-state index in [1.54, 1.807) is 42.7 Å². The minimum atomic E-state index is -1.26. The van der Waals surface area contributed by atoms with Crippen LogP contribution in [0, 0.1) is 11.6 Å². The molecule has 1 amide bonds. The normalized spacial score (nSPS) is 16.5. The van der Waals surface area contributed by atoms with Gasteiger partial charge in [0.25, 0.3) is 5.91 Å². The first-order valence-electron chi connectivity index (χ1n) is 9.18. The van der Waals surface area contributed by atoms with Crippen LogP contribution in [0.3, 0.4) is 0 Å². The summed E-state index contributed by atoms with van der Waals surface area (Å²) in [5.74, 6) is -1.91. The molecule has 30 heavy (non-hydrogen) atoms. The smallest absolute Gasteiger partial charge is 0.268 e. The second-order valence-corrected chi connectivity index (χ2v) is 6.76. The first kappa shape index (κ1) is 19.7. The van der Waals surface area contributed by atoms with E-state index in [1.165, 1.54) is 6.07 Å². The van der Waals surface area contributed by atoms with E-state index in [0.717, 1.165) is 17.7 Å². The van der Waals surface area contributed by atoms with Gasteiger partial charge in [-0.15, -0.1) is 0 Å². The van der Waals surface area contributed by atoms with E-state index in [4.69, 9.17) is 4.84 Å². The lowest BCUT2D eigenvalue weighted by Gasteiger charge is -2.14. The topological polar surface area (TPSA) is 83.8 Å². The SMILES string of the molecule is O=C(Nc1ccc(C(O)c2ccc(F)cc2F)cc1)C1CC(c2cccnc2)=NO1. The number of rotatable bonds is 5. The Hall–Kier alpha value is -3.65. The van der Waals surface area contributed by atoms with E-state index in [1.807, 2.05) is 6.07 Å². The number of anilines is 1. The molecule has 0 aliphatic carbocycles. The highest BCUT2D eigenvalue weighted by Crippen LogP contribution is 2.26. The molecule has 0 radical (unpaired) electrons. The zero-order chi connectivity index (χ0) is 21.1. The summed E-state index contributed by atoms with van der Waals surface area (Å²) >= 11 is 0. The maximum absolute atomic E-state index is 13.9. The quantitative estimate of drug-likeness (QED) is 0.675. The van der Waals surface area contributed by atoms with Crippen molar-refractivity contribution >= 4 is 17.3 Å². The molecule has 2 heterocycles. The minimum absolute atomic E-state index is 0.0346. The lowest BCUT2D eigenvalue weighted by Crippen LogP contribution is -2.28. The van der Waals surface area contributed by atoms with Gasteiger partial charge in [0, 0.05) is 41.7 Å². The largest absolute Gasteiger partial charge is 0.384 e. The van der Waals surface area contributed by atoms with Gasteiger partial charge in [0.05, 0.1) is 5.71 Å². The molecule has 6 nitrogen and oxygen atoms in total. The Labute approximate surface area is 170 Å². The van der Waals surface area contributed by atoms with Crippen molar-refractivity contribution in [1.29, 1.82) is 0 Å². The van der Waals surface area contributed by atoms with Gasteiger partial charge in [-0.25, -0.2) is 8.78 Å². The highest BCUT2D eigenvalue weighted by molar-refractivity contribution is 6.05. The molecule has 1 aliphatic heterocycles. The molecule has 0 saturated carbocycles. The summed E-state index contributed by atoms with van der Waals surface area (Å²) in [6.45, 7) is 0. The van der Waals surface area contributed by atoms with Crippen molar-refractivity contribution in [2.24, 2.45) is 5.16 Å². The molecule has 1 aromatic heterocycles. The van der Waals surface area contributed by atoms with Crippen LogP contribution in [-0.4, -0.2) is 27.8 Å². The van der Waals surface area contributed by atoms with Crippen LogP contribution in [0.15, 0.2) is 72.1 Å². The van der Waals surface area contributed by atoms with Gasteiger partial charge in [-0.2, -0.15) is 0 Å². The minimum Gasteiger partial charge on any atom is -0.384 e. The molecule has 152 valence electrons. The number of hydrogen-bond donors (Lipinski definition) is 2. The van der Waals surface area contributed by atoms with Gasteiger partial charge in [0.1, 0.15) is 17.7 Å². The number of hydrogen-bond acceptors (Lipinski definition) is 5. The number of pyridine rings is 1. The van der Waals surface area contributed by atoms with Crippen molar-refractivity contribution in [3.8, 4) is 0 Å². The molecular weight excluding hydrogens is 392 g/mol. The fourth-order valence-electron chi connectivity index (χ4n) is 3.10. The van der Waals surface area contributed by atoms with Crippen molar-refractivity contribution < 1.29 is 23.5 Å². The molecule has 2 N–H and O–H groups in total. The van der Waals surface area contributed by atoms with Crippen molar-refractivity contribution in [2.75, 3.05) is 5.32 Å². The number of nitrogens with one attached hydrogen (secondary N) is 1. The fourth-order valence-corrected chi connectivity index (χ4v) is 3.10. The molecule has 8 heteroatoms. The van der Waals surface area contributed by atoms with Gasteiger partial charge in [-0.1, -0.05) is 23.4 Å². The molecular formula is C22H17F2N3O3. The van der Waals surface area contributed by atoms with E-state index < -0.39 is 23.8 Å². The van der Waals surface area contributed by atoms with Crippen LogP contribution in [0.2, 0.25) is 0 Å². The van der Waals surface area contributed by atoms with Crippen molar-refractivity contribution in [2.45, 2.75) is 18.6 Å². The number of benzene rings is 2. The summed E-state index contributed by atoms with van der Waals surface area (Å²) in [5, 5.41) is 17.0. The molecule has 0 spiro atoms. The van der Waals surface area contributed by atoms with E-state index in [9.17, 15) is 18.7 Å². The molecule has 0 bridgehead atoms. The second kappa shape index (κ2) is 8.38. The van der Waals surface area contributed by atoms with Crippen molar-refractivity contribution in [3.05, 3.63) is 95.3 Å². The average molecular weight is 409 g/mol. The predicted molar refractivity (Wildman–Crippen MR) is 106 cm³/mol. The Morgan fingerprint density at radius 1 is 1.17 bits per heavy atom. The summed E-state index contributed by atoms with van der Waals surface area (Å²) in [4.78, 5) is 21.7. The third-order valence-electron chi connectivity index (χ3n) is 4.71. The van der Waals surface area contributed by atoms with Gasteiger partial charge in [0.15, 0.2) is 0 Å². The monoisotopic (exact) mass is 409 g/mol. The van der Waals surface area contributed by atoms with Gasteiger partial charge in [-0.05, 0) is 35.9 Å². The molecule has 0 saturated heterocycles. The number of nitrogens with zero attached hydrogens (tertiary/aromatic N) is 2. The van der Waals surface area contributed by atoms with Crippen molar-refractivity contribution in [1.82, 2.24) is 4.98 Å². The van der Waals surface area contributed by atoms with Crippen LogP contribution in [0.4, 0.5) is 14.5 Å². The zero-order valence-corrected chi connectivity index (χ0v) is 15.6. The number of carbonyl (C=O) groups excluding carboxylic acids is 1. The van der Waals surface area contributed by atoms with Crippen LogP contribution in [0.25, 0.3) is 0 Å². The number of aromatic nitrogens is 1. The third kappa shape index (κ3) is 4.18. The van der Waals surface area contributed by atoms with Crippen LogP contribution in [0.5, 0.6) is 0 Å². The first-order chi connectivity index (χ1) is 14.5. The Bertz CT molecular complexity index is 1090. The maximum atomic E-state index is 13.9. The lowest BCUT2D eigenvalue weighted by molar-refractivity contribution is -0.125. The van der Waals surface area contributed by atoms with Crippen LogP contribution >= 0.6 is 0 Å². The van der Waals surface area contributed by atoms with E-state index >= 15 is 0 Å². The first-order valence-corrected chi connectivity index (χ1v) is 9.18. The predicted octanol–water partition coefficient (Wildman–Crippen LogP) is 3.57. The summed E-state index contributed by atoms with van der Waals surface area (Å²) in [7, 11) is 0. The zero-order valence-electron chi connectivity index (χ0n) is 15.6. The van der Waals surface area contributed by atoms with E-state index in [0.29, 0.717) is 23.4 Å². The number of aliphatic hydroxyl groups is 1. The highest BCUT2D eigenvalue weighted by Gasteiger charge is 2.29. The number of oxime groups is 1. The summed E-state index contributed by atoms with van der Waals surface area (Å²) in [6, 6.07) is 12.9. The Kier molecular flexibility index (Phi) is 5.49. The molecule has 2 atom stereocenters. The van der Waals surface area contributed by atoms with Crippen LogP contribution in [0.1, 0.15) is 29.2 Å². The molecule has 3 aromatic rings. The summed E-state index contributed by atoms with van der Waals surface area (Å²) in [6.07, 6.45) is 1.59. The van der Waals surface area contributed by atoms with Crippen LogP contribution < -0.4 is 5.32 Å². The molecule has 1 aliphatic rings. The van der Waals surface area contributed by atoms with Gasteiger partial charge >= 0.3 is 0 Å². The van der Waals surface area contributed by atoms with Gasteiger partial charge < -0.3 is 15.3 Å². The molecule has 4 rings (SSSR count). The lowest BCUT2D eigenvalue weighted by atomic mass is 10.0. The van der Waals surface area contributed by atoms with E-state index in [2.05, 4.69) is 15.5 Å². The highest BCUT2D eigenvalue weighted by atomic mass is 19.1. The van der Waals surface area contributed by atoms with Crippen molar-refractivity contribution in [3.63, 3.8) is 0 Å². The number of amides is 1. The Morgan fingerprint density at radius 3 is 2.67 bits per heavy atom. The molecule has 2 aromatic carbocycles. The van der Waals surface area contributed by atoms with Gasteiger partial charge in [-0.3, -0.25) is 9.78 Å². The summed E-state index contributed by atoms with van der Waals surface area (Å²) < 4.78 is 26.9. The van der Waals surface area contributed by atoms with Crippen LogP contribution in [-0.2, 0) is 9.63 Å². The number of aliphatic hydroxyl groups excluding tert-OH is 1. The second-order valence-electron chi connectivity index (χ2n) is 6.76. The maximum Gasteiger partial charge on any atom is 0.268 e. The Balaban J connectivity index is 1.38. The number of halogens is 2. The standard InChI is InChI=1S/C22H17F2N3O3/c23-15-5-8-17(18(24)10-15)21(28)13-3-6-16(7-4-13)26-22(29)20-11-19(27-30-20)14-2-1-9-25-12-14/h1-10,12,20-21,28H,11H2,(H,26,29). The Morgan fingerprint density at radius 2 is 1.97 bits per heavy atom. The fraction of sp³-hybridized carbons (Fsp3) is 0.136. The summed E-state index contributed by atoms with van der Waals surface area (Å²) in [5.41, 5.74) is 2.28. The van der Waals surface area contributed by atoms with E-state index in [-0.39, 0.29) is 11.5 Å². The molecule has 0 fully saturated rings. The molecule has 2 unspecified atom stereocenters. The third-order valence-corrected chi connectivity index (χ3v) is 4.71. The average Bonchev–Trinajstić information content (AvgIpc) is 3.25.